The summed E-state index contributed by atoms with van der Waals surface area (Å²) in [6.45, 7) is 13.0. The first-order chi connectivity index (χ1) is 9.12. The Hall–Kier alpha value is -0.840. The summed E-state index contributed by atoms with van der Waals surface area (Å²) in [5.74, 6) is 2.04. The Bertz CT molecular complexity index is 363. The molecule has 0 saturated heterocycles. The number of methoxy groups -OCH3 is 1. The zero-order valence-electron chi connectivity index (χ0n) is 13.0. The maximum Gasteiger partial charge on any atom is 0.118 e. The topological polar surface area (TPSA) is 37.6 Å². The van der Waals surface area contributed by atoms with E-state index in [0.717, 1.165) is 44.3 Å². The van der Waals surface area contributed by atoms with Crippen LogP contribution in [0.3, 0.4) is 0 Å². The van der Waals surface area contributed by atoms with Crippen LogP contribution < -0.4 is 5.32 Å². The van der Waals surface area contributed by atoms with Gasteiger partial charge in [-0.25, -0.2) is 0 Å². The maximum absolute atomic E-state index is 5.78. The highest BCUT2D eigenvalue weighted by atomic mass is 16.5. The summed E-state index contributed by atoms with van der Waals surface area (Å²) >= 11 is 0. The quantitative estimate of drug-likeness (QED) is 0.747. The van der Waals surface area contributed by atoms with Crippen molar-refractivity contribution < 1.29 is 9.15 Å². The average molecular weight is 268 g/mol. The van der Waals surface area contributed by atoms with Gasteiger partial charge >= 0.3 is 0 Å². The summed E-state index contributed by atoms with van der Waals surface area (Å²) in [5.41, 5.74) is 1.28. The molecule has 0 aliphatic carbocycles. The van der Waals surface area contributed by atoms with Gasteiger partial charge in [-0.1, -0.05) is 13.8 Å². The van der Waals surface area contributed by atoms with Crippen LogP contribution in [0.15, 0.2) is 10.5 Å². The van der Waals surface area contributed by atoms with Crippen molar-refractivity contribution in [2.24, 2.45) is 0 Å². The Balaban J connectivity index is 2.65. The summed E-state index contributed by atoms with van der Waals surface area (Å²) in [7, 11) is 1.75. The van der Waals surface area contributed by atoms with E-state index in [0.29, 0.717) is 6.04 Å². The van der Waals surface area contributed by atoms with Gasteiger partial charge in [-0.2, -0.15) is 0 Å². The summed E-state index contributed by atoms with van der Waals surface area (Å²) in [6.07, 6.45) is 0. The lowest BCUT2D eigenvalue weighted by molar-refractivity contribution is 0.0979. The molecule has 0 amide bonds. The van der Waals surface area contributed by atoms with E-state index in [4.69, 9.17) is 9.15 Å². The fraction of sp³-hybridized carbons (Fsp3) is 0.733. The second-order valence-electron chi connectivity index (χ2n) is 4.94. The van der Waals surface area contributed by atoms with Crippen LogP contribution in [0.2, 0.25) is 0 Å². The molecule has 1 aromatic heterocycles. The van der Waals surface area contributed by atoms with E-state index >= 15 is 0 Å². The first kappa shape index (κ1) is 16.2. The second kappa shape index (κ2) is 8.35. The molecule has 0 aliphatic rings. The van der Waals surface area contributed by atoms with Gasteiger partial charge in [0.2, 0.25) is 0 Å². The molecule has 0 saturated carbocycles. The Morgan fingerprint density at radius 3 is 2.74 bits per heavy atom. The summed E-state index contributed by atoms with van der Waals surface area (Å²) in [6, 6.07) is 2.58. The van der Waals surface area contributed by atoms with Gasteiger partial charge in [-0.05, 0) is 33.0 Å². The molecule has 1 unspecified atom stereocenters. The van der Waals surface area contributed by atoms with E-state index < -0.39 is 0 Å². The van der Waals surface area contributed by atoms with Gasteiger partial charge < -0.3 is 14.5 Å². The van der Waals surface area contributed by atoms with E-state index in [1.54, 1.807) is 7.11 Å². The summed E-state index contributed by atoms with van der Waals surface area (Å²) < 4.78 is 11.0. The minimum atomic E-state index is 0.418. The highest BCUT2D eigenvalue weighted by molar-refractivity contribution is 5.20. The van der Waals surface area contributed by atoms with Gasteiger partial charge in [-0.15, -0.1) is 0 Å². The molecule has 0 fully saturated rings. The molecule has 4 heteroatoms. The molecule has 0 radical (unpaired) electrons. The largest absolute Gasteiger partial charge is 0.465 e. The van der Waals surface area contributed by atoms with Gasteiger partial charge in [0.1, 0.15) is 11.5 Å². The predicted molar refractivity (Wildman–Crippen MR) is 78.2 cm³/mol. The van der Waals surface area contributed by atoms with Crippen LogP contribution in [0.25, 0.3) is 0 Å². The van der Waals surface area contributed by atoms with Crippen LogP contribution in [0.1, 0.15) is 37.9 Å². The Morgan fingerprint density at radius 2 is 2.16 bits per heavy atom. The fourth-order valence-corrected chi connectivity index (χ4v) is 2.22. The zero-order valence-corrected chi connectivity index (χ0v) is 13.0. The lowest BCUT2D eigenvalue weighted by Crippen LogP contribution is -2.35. The average Bonchev–Trinajstić information content (AvgIpc) is 2.74. The molecule has 1 aromatic rings. The number of rotatable bonds is 9. The molecular formula is C15H28N2O2. The molecule has 1 atom stereocenters. The first-order valence-electron chi connectivity index (χ1n) is 7.14. The van der Waals surface area contributed by atoms with Crippen molar-refractivity contribution in [2.75, 3.05) is 26.8 Å². The molecular weight excluding hydrogens is 240 g/mol. The standard InChI is InChI=1S/C15H28N2O2/c1-6-16-9-15-8-14(13(4)19-15)10-17(7-2)12(3)11-18-5/h8,12,16H,6-7,9-11H2,1-5H3. The minimum Gasteiger partial charge on any atom is -0.465 e. The normalized spacial score (nSPS) is 13.2. The van der Waals surface area contributed by atoms with Gasteiger partial charge in [0.25, 0.3) is 0 Å². The third-order valence-electron chi connectivity index (χ3n) is 3.43. The van der Waals surface area contributed by atoms with Crippen LogP contribution in [-0.2, 0) is 17.8 Å². The van der Waals surface area contributed by atoms with E-state index in [1.807, 2.05) is 6.92 Å². The van der Waals surface area contributed by atoms with E-state index in [9.17, 15) is 0 Å². The molecule has 110 valence electrons. The lowest BCUT2D eigenvalue weighted by Gasteiger charge is -2.26. The van der Waals surface area contributed by atoms with Crippen molar-refractivity contribution in [3.8, 4) is 0 Å². The van der Waals surface area contributed by atoms with Crippen LogP contribution >= 0.6 is 0 Å². The highest BCUT2D eigenvalue weighted by Crippen LogP contribution is 2.18. The zero-order chi connectivity index (χ0) is 14.3. The van der Waals surface area contributed by atoms with Crippen molar-refractivity contribution >= 4 is 0 Å². The van der Waals surface area contributed by atoms with E-state index in [-0.39, 0.29) is 0 Å². The van der Waals surface area contributed by atoms with Crippen LogP contribution in [-0.4, -0.2) is 37.7 Å². The number of furan rings is 1. The number of aryl methyl sites for hydroxylation is 1. The maximum atomic E-state index is 5.78. The van der Waals surface area contributed by atoms with Crippen molar-refractivity contribution in [1.82, 2.24) is 10.2 Å². The molecule has 4 nitrogen and oxygen atoms in total. The van der Waals surface area contributed by atoms with Crippen molar-refractivity contribution in [3.63, 3.8) is 0 Å². The third kappa shape index (κ3) is 4.97. The number of ether oxygens (including phenoxy) is 1. The fourth-order valence-electron chi connectivity index (χ4n) is 2.22. The van der Waals surface area contributed by atoms with Gasteiger partial charge in [0.15, 0.2) is 0 Å². The van der Waals surface area contributed by atoms with E-state index in [2.05, 4.69) is 37.1 Å². The van der Waals surface area contributed by atoms with Gasteiger partial charge in [-0.3, -0.25) is 4.90 Å². The predicted octanol–water partition coefficient (Wildman–Crippen LogP) is 2.55. The number of likely N-dealkylation sites (N-methyl/N-ethyl adjacent to an activating group) is 1. The molecule has 1 N–H and O–H groups in total. The van der Waals surface area contributed by atoms with Gasteiger partial charge in [0.05, 0.1) is 13.2 Å². The van der Waals surface area contributed by atoms with Crippen LogP contribution in [0.4, 0.5) is 0 Å². The number of nitrogens with one attached hydrogen (secondary N) is 1. The highest BCUT2D eigenvalue weighted by Gasteiger charge is 2.15. The molecule has 19 heavy (non-hydrogen) atoms. The smallest absolute Gasteiger partial charge is 0.118 e. The molecule has 1 heterocycles. The third-order valence-corrected chi connectivity index (χ3v) is 3.43. The van der Waals surface area contributed by atoms with Crippen molar-refractivity contribution in [1.29, 1.82) is 0 Å². The van der Waals surface area contributed by atoms with Crippen molar-refractivity contribution in [2.45, 2.75) is 46.8 Å². The Labute approximate surface area is 117 Å². The number of hydrogen-bond acceptors (Lipinski definition) is 4. The minimum absolute atomic E-state index is 0.418. The second-order valence-corrected chi connectivity index (χ2v) is 4.94. The monoisotopic (exact) mass is 268 g/mol. The van der Waals surface area contributed by atoms with Crippen molar-refractivity contribution in [3.05, 3.63) is 23.2 Å². The molecule has 1 rings (SSSR count). The molecule has 0 spiro atoms. The number of nitrogens with zero attached hydrogens (tertiary/aromatic N) is 1. The van der Waals surface area contributed by atoms with Crippen LogP contribution in [0, 0.1) is 6.92 Å². The SMILES string of the molecule is CCNCc1cc(CN(CC)C(C)COC)c(C)o1. The van der Waals surface area contributed by atoms with Gasteiger partial charge in [0, 0.05) is 25.3 Å². The first-order valence-corrected chi connectivity index (χ1v) is 7.14. The molecule has 0 aliphatic heterocycles. The van der Waals surface area contributed by atoms with E-state index in [1.165, 1.54) is 5.56 Å². The summed E-state index contributed by atoms with van der Waals surface area (Å²) in [4.78, 5) is 2.40. The Kier molecular flexibility index (Phi) is 7.13. The lowest BCUT2D eigenvalue weighted by atomic mass is 10.2. The number of hydrogen-bond donors (Lipinski definition) is 1. The summed E-state index contributed by atoms with van der Waals surface area (Å²) in [5, 5.41) is 3.29. The Morgan fingerprint density at radius 1 is 1.42 bits per heavy atom. The molecule has 0 aromatic carbocycles. The molecule has 0 bridgehead atoms. The van der Waals surface area contributed by atoms with Crippen LogP contribution in [0.5, 0.6) is 0 Å².